The molecule has 26 heavy (non-hydrogen) atoms. The molecule has 0 saturated heterocycles. The highest BCUT2D eigenvalue weighted by Gasteiger charge is 2.14. The Morgan fingerprint density at radius 1 is 1.12 bits per heavy atom. The summed E-state index contributed by atoms with van der Waals surface area (Å²) in [6.07, 6.45) is 0. The molecule has 2 aromatic rings. The van der Waals surface area contributed by atoms with Crippen molar-refractivity contribution < 1.29 is 19.0 Å². The van der Waals surface area contributed by atoms with Crippen molar-refractivity contribution in [2.45, 2.75) is 13.1 Å². The van der Waals surface area contributed by atoms with Crippen LogP contribution in [0.25, 0.3) is 0 Å². The summed E-state index contributed by atoms with van der Waals surface area (Å²) in [6.45, 7) is 1.42. The number of benzene rings is 1. The monoisotopic (exact) mass is 442 g/mol. The van der Waals surface area contributed by atoms with Gasteiger partial charge in [-0.3, -0.25) is 9.69 Å². The summed E-state index contributed by atoms with van der Waals surface area (Å²) in [7, 11) is 6.61. The van der Waals surface area contributed by atoms with E-state index in [0.717, 1.165) is 15.9 Å². The molecule has 0 radical (unpaired) electrons. The van der Waals surface area contributed by atoms with Gasteiger partial charge in [-0.15, -0.1) is 11.3 Å². The van der Waals surface area contributed by atoms with Crippen molar-refractivity contribution in [3.63, 3.8) is 0 Å². The van der Waals surface area contributed by atoms with Crippen LogP contribution in [0.1, 0.15) is 11.1 Å². The number of nitrogens with one attached hydrogen (secondary N) is 1. The Hall–Kier alpha value is -1.77. The zero-order valence-corrected chi connectivity index (χ0v) is 17.7. The van der Waals surface area contributed by atoms with Crippen molar-refractivity contribution in [1.29, 1.82) is 0 Å². The predicted octanol–water partition coefficient (Wildman–Crippen LogP) is 3.28. The van der Waals surface area contributed by atoms with Gasteiger partial charge in [-0.1, -0.05) is 0 Å². The van der Waals surface area contributed by atoms with Crippen LogP contribution in [0, 0.1) is 0 Å². The first-order valence-corrected chi connectivity index (χ1v) is 9.61. The number of likely N-dealkylation sites (N-methyl/N-ethyl adjacent to an activating group) is 1. The molecule has 1 aromatic heterocycles. The smallest absolute Gasteiger partial charge is 0.234 e. The fraction of sp³-hybridized carbons (Fsp3) is 0.389. The molecule has 0 bridgehead atoms. The first-order valence-electron chi connectivity index (χ1n) is 7.93. The molecule has 0 fully saturated rings. The molecule has 142 valence electrons. The number of ether oxygens (including phenoxy) is 3. The minimum absolute atomic E-state index is 0.0458. The second-order valence-corrected chi connectivity index (χ2v) is 8.03. The molecule has 0 saturated carbocycles. The topological polar surface area (TPSA) is 60.0 Å². The third-order valence-corrected chi connectivity index (χ3v) is 5.26. The zero-order chi connectivity index (χ0) is 19.1. The maximum absolute atomic E-state index is 12.2. The lowest BCUT2D eigenvalue weighted by molar-refractivity contribution is -0.122. The molecule has 6 nitrogen and oxygen atoms in total. The molecule has 0 spiro atoms. The molecule has 0 aliphatic carbocycles. The van der Waals surface area contributed by atoms with Crippen LogP contribution in [-0.4, -0.2) is 45.7 Å². The number of halogens is 1. The van der Waals surface area contributed by atoms with Gasteiger partial charge < -0.3 is 19.5 Å². The van der Waals surface area contributed by atoms with Crippen LogP contribution in [-0.2, 0) is 17.9 Å². The van der Waals surface area contributed by atoms with Crippen molar-refractivity contribution in [3.05, 3.63) is 38.5 Å². The van der Waals surface area contributed by atoms with Crippen LogP contribution < -0.4 is 19.5 Å². The number of rotatable bonds is 9. The van der Waals surface area contributed by atoms with Gasteiger partial charge in [0.1, 0.15) is 0 Å². The van der Waals surface area contributed by atoms with Gasteiger partial charge in [0.15, 0.2) is 11.5 Å². The molecule has 1 N–H and O–H groups in total. The SMILES string of the molecule is COc1cc(CNC(=O)CN(C)Cc2csc(Br)c2)cc(OC)c1OC. The Labute approximate surface area is 166 Å². The lowest BCUT2D eigenvalue weighted by atomic mass is 10.1. The highest BCUT2D eigenvalue weighted by molar-refractivity contribution is 9.11. The molecule has 1 heterocycles. The highest BCUT2D eigenvalue weighted by Crippen LogP contribution is 2.38. The lowest BCUT2D eigenvalue weighted by Gasteiger charge is -2.17. The van der Waals surface area contributed by atoms with Crippen LogP contribution in [0.4, 0.5) is 0 Å². The number of thiophene rings is 1. The average molecular weight is 443 g/mol. The molecular weight excluding hydrogens is 420 g/mol. The van der Waals surface area contributed by atoms with Crippen molar-refractivity contribution in [1.82, 2.24) is 10.2 Å². The molecule has 1 amide bonds. The van der Waals surface area contributed by atoms with E-state index in [0.29, 0.717) is 30.3 Å². The van der Waals surface area contributed by atoms with Gasteiger partial charge >= 0.3 is 0 Å². The van der Waals surface area contributed by atoms with Crippen LogP contribution in [0.3, 0.4) is 0 Å². The average Bonchev–Trinajstić information content (AvgIpc) is 3.03. The molecule has 0 aliphatic rings. The van der Waals surface area contributed by atoms with E-state index in [1.54, 1.807) is 32.7 Å². The summed E-state index contributed by atoms with van der Waals surface area (Å²) in [6, 6.07) is 5.72. The summed E-state index contributed by atoms with van der Waals surface area (Å²) in [5.74, 6) is 1.62. The van der Waals surface area contributed by atoms with E-state index in [2.05, 4.69) is 32.7 Å². The molecule has 8 heteroatoms. The Bertz CT molecular complexity index is 726. The third kappa shape index (κ3) is 5.62. The van der Waals surface area contributed by atoms with E-state index in [1.807, 2.05) is 24.1 Å². The van der Waals surface area contributed by atoms with E-state index in [-0.39, 0.29) is 5.91 Å². The third-order valence-electron chi connectivity index (χ3n) is 3.70. The quantitative estimate of drug-likeness (QED) is 0.645. The predicted molar refractivity (Wildman–Crippen MR) is 106 cm³/mol. The van der Waals surface area contributed by atoms with Crippen LogP contribution in [0.5, 0.6) is 17.2 Å². The van der Waals surface area contributed by atoms with E-state index in [1.165, 1.54) is 5.56 Å². The summed E-state index contributed by atoms with van der Waals surface area (Å²) in [4.78, 5) is 14.2. The number of amides is 1. The minimum atomic E-state index is -0.0458. The van der Waals surface area contributed by atoms with Crippen molar-refractivity contribution in [2.24, 2.45) is 0 Å². The zero-order valence-electron chi connectivity index (χ0n) is 15.3. The van der Waals surface area contributed by atoms with E-state index in [4.69, 9.17) is 14.2 Å². The minimum Gasteiger partial charge on any atom is -0.493 e. The Morgan fingerprint density at radius 3 is 2.27 bits per heavy atom. The maximum Gasteiger partial charge on any atom is 0.234 e. The second-order valence-electron chi connectivity index (χ2n) is 5.74. The Morgan fingerprint density at radius 2 is 1.77 bits per heavy atom. The van der Waals surface area contributed by atoms with Crippen molar-refractivity contribution in [3.8, 4) is 17.2 Å². The molecule has 0 unspecified atom stereocenters. The molecule has 0 aliphatic heterocycles. The summed E-state index contributed by atoms with van der Waals surface area (Å²) in [5.41, 5.74) is 2.05. The number of nitrogens with zero attached hydrogens (tertiary/aromatic N) is 1. The molecule has 2 rings (SSSR count). The molecule has 1 aromatic carbocycles. The fourth-order valence-electron chi connectivity index (χ4n) is 2.54. The standard InChI is InChI=1S/C18H23BrN2O4S/c1-21(9-13-7-16(19)26-11-13)10-17(22)20-8-12-5-14(23-2)18(25-4)15(6-12)24-3/h5-7,11H,8-10H2,1-4H3,(H,20,22). The number of carbonyl (C=O) groups is 1. The van der Waals surface area contributed by atoms with Crippen molar-refractivity contribution >= 4 is 33.2 Å². The number of methoxy groups -OCH3 is 3. The van der Waals surface area contributed by atoms with Gasteiger partial charge in [0.25, 0.3) is 0 Å². The normalized spacial score (nSPS) is 10.7. The van der Waals surface area contributed by atoms with Gasteiger partial charge in [-0.25, -0.2) is 0 Å². The van der Waals surface area contributed by atoms with E-state index >= 15 is 0 Å². The second kappa shape index (κ2) is 9.80. The Balaban J connectivity index is 1.92. The number of carbonyl (C=O) groups excluding carboxylic acids is 1. The number of hydrogen-bond acceptors (Lipinski definition) is 6. The first kappa shape index (κ1) is 20.5. The van der Waals surface area contributed by atoms with Crippen molar-refractivity contribution in [2.75, 3.05) is 34.9 Å². The van der Waals surface area contributed by atoms with E-state index < -0.39 is 0 Å². The van der Waals surface area contributed by atoms with Crippen LogP contribution in [0.2, 0.25) is 0 Å². The maximum atomic E-state index is 12.2. The largest absolute Gasteiger partial charge is 0.493 e. The van der Waals surface area contributed by atoms with Crippen LogP contribution in [0.15, 0.2) is 27.4 Å². The van der Waals surface area contributed by atoms with Gasteiger partial charge in [-0.2, -0.15) is 0 Å². The summed E-state index contributed by atoms with van der Waals surface area (Å²) in [5, 5.41) is 5.00. The summed E-state index contributed by atoms with van der Waals surface area (Å²) >= 11 is 5.09. The van der Waals surface area contributed by atoms with Gasteiger partial charge in [0.2, 0.25) is 11.7 Å². The van der Waals surface area contributed by atoms with E-state index in [9.17, 15) is 4.79 Å². The summed E-state index contributed by atoms with van der Waals surface area (Å²) < 4.78 is 17.1. The first-order chi connectivity index (χ1) is 12.5. The van der Waals surface area contributed by atoms with Crippen LogP contribution >= 0.6 is 27.3 Å². The van der Waals surface area contributed by atoms with Gasteiger partial charge in [-0.05, 0) is 57.7 Å². The highest BCUT2D eigenvalue weighted by atomic mass is 79.9. The fourth-order valence-corrected chi connectivity index (χ4v) is 3.74. The van der Waals surface area contributed by atoms with Gasteiger partial charge in [0, 0.05) is 13.1 Å². The molecular formula is C18H23BrN2O4S. The Kier molecular flexibility index (Phi) is 7.74. The lowest BCUT2D eigenvalue weighted by Crippen LogP contribution is -2.34. The van der Waals surface area contributed by atoms with Gasteiger partial charge in [0.05, 0.1) is 31.7 Å². The number of hydrogen-bond donors (Lipinski definition) is 1. The molecule has 0 atom stereocenters.